The van der Waals surface area contributed by atoms with Gasteiger partial charge in [0.05, 0.1) is 61.1 Å². The number of alkyl carbamates (subject to hydrolysis) is 1. The van der Waals surface area contributed by atoms with E-state index < -0.39 is 12.1 Å². The lowest BCUT2D eigenvalue weighted by molar-refractivity contribution is -0.134. The van der Waals surface area contributed by atoms with Crippen LogP contribution in [-0.4, -0.2) is 67.0 Å². The van der Waals surface area contributed by atoms with Crippen molar-refractivity contribution < 1.29 is 14.3 Å². The van der Waals surface area contributed by atoms with Crippen LogP contribution in [0, 0.1) is 0 Å². The number of likely N-dealkylation sites (tertiary alicyclic amines) is 1. The first-order chi connectivity index (χ1) is 22.6. The molecule has 2 amide bonds. The van der Waals surface area contributed by atoms with Crippen LogP contribution in [0.25, 0.3) is 33.9 Å². The lowest BCUT2D eigenvalue weighted by Gasteiger charge is -2.28. The van der Waals surface area contributed by atoms with E-state index in [0.29, 0.717) is 17.9 Å². The highest BCUT2D eigenvalue weighted by Gasteiger charge is 2.37. The van der Waals surface area contributed by atoms with Gasteiger partial charge in [0.1, 0.15) is 23.4 Å². The number of H-pyrrole nitrogens is 2. The van der Waals surface area contributed by atoms with E-state index in [2.05, 4.69) is 40.5 Å². The van der Waals surface area contributed by atoms with Gasteiger partial charge in [-0.05, 0) is 43.4 Å². The van der Waals surface area contributed by atoms with Gasteiger partial charge in [0.25, 0.3) is 5.91 Å². The molecule has 2 aromatic carbocycles. The van der Waals surface area contributed by atoms with E-state index in [4.69, 9.17) is 4.74 Å². The Balaban J connectivity index is 1.04. The second-order valence-electron chi connectivity index (χ2n) is 11.5. The van der Waals surface area contributed by atoms with Crippen LogP contribution in [0.1, 0.15) is 61.0 Å². The van der Waals surface area contributed by atoms with Crippen LogP contribution in [0.3, 0.4) is 0 Å². The molecule has 2 saturated heterocycles. The van der Waals surface area contributed by atoms with Crippen LogP contribution in [0.15, 0.2) is 79.4 Å². The van der Waals surface area contributed by atoms with E-state index >= 15 is 0 Å². The first-order valence-corrected chi connectivity index (χ1v) is 15.5. The lowest BCUT2D eigenvalue weighted by atomic mass is 10.1. The van der Waals surface area contributed by atoms with Gasteiger partial charge in [-0.15, -0.1) is 0 Å². The van der Waals surface area contributed by atoms with Crippen LogP contribution in [0.5, 0.6) is 0 Å². The number of nitrogens with one attached hydrogen (secondary N) is 4. The molecular formula is C34H35N9O3. The highest BCUT2D eigenvalue weighted by Crippen LogP contribution is 2.34. The first-order valence-electron chi connectivity index (χ1n) is 15.5. The van der Waals surface area contributed by atoms with Gasteiger partial charge in [0, 0.05) is 12.1 Å². The van der Waals surface area contributed by atoms with E-state index in [0.717, 1.165) is 72.0 Å². The smallest absolute Gasteiger partial charge is 0.407 e. The van der Waals surface area contributed by atoms with E-state index in [1.165, 1.54) is 7.11 Å². The van der Waals surface area contributed by atoms with Crippen molar-refractivity contribution in [2.24, 2.45) is 0 Å². The minimum absolute atomic E-state index is 0.202. The molecule has 2 aliphatic heterocycles. The maximum absolute atomic E-state index is 13.8. The molecule has 7 rings (SSSR count). The summed E-state index contributed by atoms with van der Waals surface area (Å²) in [5.74, 6) is 1.45. The summed E-state index contributed by atoms with van der Waals surface area (Å²) in [7, 11) is 1.28. The van der Waals surface area contributed by atoms with E-state index in [1.54, 1.807) is 23.5 Å². The van der Waals surface area contributed by atoms with Crippen molar-refractivity contribution in [1.29, 1.82) is 0 Å². The summed E-state index contributed by atoms with van der Waals surface area (Å²) in [6.07, 6.45) is 10.3. The number of ether oxygens (including phenoxy) is 1. The molecule has 46 heavy (non-hydrogen) atoms. The maximum atomic E-state index is 13.8. The Morgan fingerprint density at radius 3 is 2.28 bits per heavy atom. The Kier molecular flexibility index (Phi) is 8.26. The fourth-order valence-corrected chi connectivity index (χ4v) is 6.24. The number of imidazole rings is 2. The molecule has 12 nitrogen and oxygen atoms in total. The summed E-state index contributed by atoms with van der Waals surface area (Å²) in [4.78, 5) is 53.0. The third-order valence-electron chi connectivity index (χ3n) is 8.68. The number of nitrogens with zero attached hydrogens (tertiary/aromatic N) is 5. The third-order valence-corrected chi connectivity index (χ3v) is 8.68. The molecule has 12 heteroatoms. The SMILES string of the molecule is COC(=O)N[C@@H](C(=O)N1CCC[C@H]1c1ncc(-c2ccc(-c3cnc(-c4cnc([C@@H]5CCCN5)[nH]4)cn3)cc2)[nH]1)c1ccccc1. The molecule has 3 aromatic heterocycles. The third kappa shape index (κ3) is 5.98. The van der Waals surface area contributed by atoms with Crippen molar-refractivity contribution in [3.63, 3.8) is 0 Å². The van der Waals surface area contributed by atoms with E-state index in [-0.39, 0.29) is 18.0 Å². The summed E-state index contributed by atoms with van der Waals surface area (Å²) >= 11 is 0. The molecule has 0 aliphatic carbocycles. The van der Waals surface area contributed by atoms with Gasteiger partial charge in [0.2, 0.25) is 0 Å². The minimum atomic E-state index is -0.862. The molecule has 3 atom stereocenters. The summed E-state index contributed by atoms with van der Waals surface area (Å²) in [5.41, 5.74) is 5.82. The molecule has 0 radical (unpaired) electrons. The Labute approximate surface area is 266 Å². The topological polar surface area (TPSA) is 154 Å². The number of hydrogen-bond donors (Lipinski definition) is 4. The highest BCUT2D eigenvalue weighted by molar-refractivity contribution is 5.87. The van der Waals surface area contributed by atoms with Crippen molar-refractivity contribution in [2.75, 3.05) is 20.2 Å². The van der Waals surface area contributed by atoms with Crippen molar-refractivity contribution in [3.05, 3.63) is 96.6 Å². The average Bonchev–Trinajstić information content (AvgIpc) is 3.94. The second-order valence-corrected chi connectivity index (χ2v) is 11.5. The number of benzene rings is 2. The van der Waals surface area contributed by atoms with Crippen molar-refractivity contribution in [3.8, 4) is 33.9 Å². The van der Waals surface area contributed by atoms with Gasteiger partial charge < -0.3 is 30.2 Å². The number of carbonyl (C=O) groups is 2. The molecule has 5 heterocycles. The summed E-state index contributed by atoms with van der Waals surface area (Å²) < 4.78 is 4.80. The van der Waals surface area contributed by atoms with Crippen molar-refractivity contribution in [1.82, 2.24) is 45.4 Å². The number of hydrogen-bond acceptors (Lipinski definition) is 8. The molecule has 234 valence electrons. The quantitative estimate of drug-likeness (QED) is 0.187. The van der Waals surface area contributed by atoms with Crippen molar-refractivity contribution >= 4 is 12.0 Å². The van der Waals surface area contributed by atoms with Gasteiger partial charge in [-0.2, -0.15) is 0 Å². The summed E-state index contributed by atoms with van der Waals surface area (Å²) in [5, 5.41) is 6.16. The fraction of sp³-hybridized carbons (Fsp3) is 0.294. The molecule has 2 fully saturated rings. The number of aromatic nitrogens is 6. The Morgan fingerprint density at radius 1 is 0.826 bits per heavy atom. The average molecular weight is 618 g/mol. The maximum Gasteiger partial charge on any atom is 0.407 e. The number of carbonyl (C=O) groups excluding carboxylic acids is 2. The zero-order valence-corrected chi connectivity index (χ0v) is 25.4. The monoisotopic (exact) mass is 617 g/mol. The number of methoxy groups -OCH3 is 1. The molecule has 0 saturated carbocycles. The fourth-order valence-electron chi connectivity index (χ4n) is 6.24. The summed E-state index contributed by atoms with van der Waals surface area (Å²) in [6.45, 7) is 1.59. The van der Waals surface area contributed by atoms with Crippen molar-refractivity contribution in [2.45, 2.75) is 43.8 Å². The number of amides is 2. The highest BCUT2D eigenvalue weighted by atomic mass is 16.5. The molecule has 5 aromatic rings. The Morgan fingerprint density at radius 2 is 1.54 bits per heavy atom. The Bertz CT molecular complexity index is 1800. The van der Waals surface area contributed by atoms with Gasteiger partial charge in [0.15, 0.2) is 0 Å². The van der Waals surface area contributed by atoms with Gasteiger partial charge in [-0.25, -0.2) is 14.8 Å². The van der Waals surface area contributed by atoms with Crippen LogP contribution >= 0.6 is 0 Å². The molecule has 4 N–H and O–H groups in total. The minimum Gasteiger partial charge on any atom is -0.453 e. The molecular weight excluding hydrogens is 582 g/mol. The van der Waals surface area contributed by atoms with Crippen LogP contribution in [0.4, 0.5) is 4.79 Å². The van der Waals surface area contributed by atoms with E-state index in [9.17, 15) is 9.59 Å². The number of aromatic amines is 2. The van der Waals surface area contributed by atoms with E-state index in [1.807, 2.05) is 60.8 Å². The summed E-state index contributed by atoms with van der Waals surface area (Å²) in [6, 6.07) is 16.4. The van der Waals surface area contributed by atoms with Crippen LogP contribution in [-0.2, 0) is 9.53 Å². The van der Waals surface area contributed by atoms with Gasteiger partial charge in [-0.3, -0.25) is 14.8 Å². The van der Waals surface area contributed by atoms with Gasteiger partial charge in [-0.1, -0.05) is 54.6 Å². The normalized spacial score (nSPS) is 18.4. The number of rotatable bonds is 8. The second kappa shape index (κ2) is 12.9. The van der Waals surface area contributed by atoms with Crippen LogP contribution in [0.2, 0.25) is 0 Å². The predicted octanol–water partition coefficient (Wildman–Crippen LogP) is 5.11. The lowest BCUT2D eigenvalue weighted by Crippen LogP contribution is -2.42. The molecule has 2 aliphatic rings. The predicted molar refractivity (Wildman–Crippen MR) is 171 cm³/mol. The largest absolute Gasteiger partial charge is 0.453 e. The molecule has 0 bridgehead atoms. The van der Waals surface area contributed by atoms with Gasteiger partial charge >= 0.3 is 6.09 Å². The van der Waals surface area contributed by atoms with Crippen LogP contribution < -0.4 is 10.6 Å². The Hall–Kier alpha value is -5.36. The zero-order valence-electron chi connectivity index (χ0n) is 25.4. The zero-order chi connectivity index (χ0) is 31.5. The molecule has 0 spiro atoms. The standard InChI is InChI=1S/C34H35N9O3/c1-46-34(45)42-30(23-7-3-2-4-8-23)33(44)43-16-6-10-29(43)32-39-18-26(40-32)22-13-11-21(12-14-22)25-17-37-27(19-36-25)28-20-38-31(41-28)24-9-5-15-35-24/h2-4,7-8,11-14,17-20,24,29-30,35H,5-6,9-10,15-16H2,1H3,(H,38,41)(H,39,40)(H,42,45)/t24-,29-,30+/m0/s1. The first kappa shape index (κ1) is 29.4. The molecule has 0 unspecified atom stereocenters.